The standard InChI is InChI=1S/C22H17Cl2N3O2/c1-13-20-17(22(28)29-2)11-19(16-9-8-15(23)10-18(16)24)25-21(20)27(26-13)12-14-6-4-3-5-7-14/h3-11H,12H2,1-2H3. The largest absolute Gasteiger partial charge is 0.465 e. The lowest BCUT2D eigenvalue weighted by atomic mass is 10.1. The highest BCUT2D eigenvalue weighted by atomic mass is 35.5. The second-order valence-electron chi connectivity index (χ2n) is 6.60. The molecule has 4 rings (SSSR count). The van der Waals surface area contributed by atoms with Crippen molar-refractivity contribution in [3.05, 3.63) is 81.5 Å². The Kier molecular flexibility index (Phi) is 5.26. The minimum absolute atomic E-state index is 0.398. The van der Waals surface area contributed by atoms with Gasteiger partial charge in [-0.1, -0.05) is 53.5 Å². The highest BCUT2D eigenvalue weighted by Gasteiger charge is 2.21. The number of nitrogens with zero attached hydrogens (tertiary/aromatic N) is 3. The van der Waals surface area contributed by atoms with E-state index in [0.29, 0.717) is 50.1 Å². The van der Waals surface area contributed by atoms with Crippen LogP contribution in [0.25, 0.3) is 22.3 Å². The zero-order valence-corrected chi connectivity index (χ0v) is 17.3. The summed E-state index contributed by atoms with van der Waals surface area (Å²) in [6, 6.07) is 16.8. The molecule has 0 fully saturated rings. The Bertz CT molecular complexity index is 1220. The quantitative estimate of drug-likeness (QED) is 0.402. The van der Waals surface area contributed by atoms with Crippen LogP contribution < -0.4 is 0 Å². The summed E-state index contributed by atoms with van der Waals surface area (Å²) in [5.41, 5.74) is 4.00. The molecule has 5 nitrogen and oxygen atoms in total. The number of carbonyl (C=O) groups is 1. The SMILES string of the molecule is COC(=O)c1cc(-c2ccc(Cl)cc2Cl)nc2c1c(C)nn2Cc1ccccc1. The Balaban J connectivity index is 1.96. The molecule has 0 amide bonds. The Labute approximate surface area is 177 Å². The van der Waals surface area contributed by atoms with Crippen LogP contribution in [0.5, 0.6) is 0 Å². The summed E-state index contributed by atoms with van der Waals surface area (Å²) < 4.78 is 6.80. The Hall–Kier alpha value is -2.89. The minimum atomic E-state index is -0.453. The highest BCUT2D eigenvalue weighted by molar-refractivity contribution is 6.36. The number of aromatic nitrogens is 3. The van der Waals surface area contributed by atoms with Crippen molar-refractivity contribution < 1.29 is 9.53 Å². The van der Waals surface area contributed by atoms with Crippen LogP contribution in [0.4, 0.5) is 0 Å². The average Bonchev–Trinajstić information content (AvgIpc) is 3.03. The van der Waals surface area contributed by atoms with Crippen LogP contribution in [0.15, 0.2) is 54.6 Å². The number of benzene rings is 2. The second kappa shape index (κ2) is 7.85. The fraction of sp³-hybridized carbons (Fsp3) is 0.136. The number of ether oxygens (including phenoxy) is 1. The van der Waals surface area contributed by atoms with Gasteiger partial charge in [-0.2, -0.15) is 5.10 Å². The molecule has 2 aromatic carbocycles. The first-order valence-electron chi connectivity index (χ1n) is 8.93. The Morgan fingerprint density at radius 2 is 1.86 bits per heavy atom. The normalized spacial score (nSPS) is 11.0. The maximum atomic E-state index is 12.5. The third-order valence-electron chi connectivity index (χ3n) is 4.66. The maximum absolute atomic E-state index is 12.5. The molecule has 0 aliphatic carbocycles. The third-order valence-corrected chi connectivity index (χ3v) is 5.21. The van der Waals surface area contributed by atoms with Gasteiger partial charge in [0, 0.05) is 10.6 Å². The molecule has 0 saturated carbocycles. The van der Waals surface area contributed by atoms with E-state index in [-0.39, 0.29) is 0 Å². The number of hydrogen-bond acceptors (Lipinski definition) is 4. The molecule has 2 heterocycles. The molecule has 0 spiro atoms. The zero-order chi connectivity index (χ0) is 20.5. The van der Waals surface area contributed by atoms with Crippen molar-refractivity contribution in [3.8, 4) is 11.3 Å². The molecule has 0 bridgehead atoms. The lowest BCUT2D eigenvalue weighted by Gasteiger charge is -2.10. The molecule has 0 unspecified atom stereocenters. The van der Waals surface area contributed by atoms with Gasteiger partial charge in [0.2, 0.25) is 0 Å². The van der Waals surface area contributed by atoms with Crippen LogP contribution >= 0.6 is 23.2 Å². The summed E-state index contributed by atoms with van der Waals surface area (Å²) in [5.74, 6) is -0.453. The van der Waals surface area contributed by atoms with E-state index in [0.717, 1.165) is 5.56 Å². The monoisotopic (exact) mass is 425 g/mol. The van der Waals surface area contributed by atoms with Gasteiger partial charge in [-0.25, -0.2) is 14.5 Å². The average molecular weight is 426 g/mol. The molecule has 0 N–H and O–H groups in total. The molecular formula is C22H17Cl2N3O2. The third kappa shape index (κ3) is 3.71. The van der Waals surface area contributed by atoms with Gasteiger partial charge in [0.1, 0.15) is 0 Å². The zero-order valence-electron chi connectivity index (χ0n) is 15.8. The number of carbonyl (C=O) groups excluding carboxylic acids is 1. The van der Waals surface area contributed by atoms with E-state index < -0.39 is 5.97 Å². The predicted molar refractivity (Wildman–Crippen MR) is 115 cm³/mol. The van der Waals surface area contributed by atoms with E-state index in [1.807, 2.05) is 37.3 Å². The first-order valence-corrected chi connectivity index (χ1v) is 9.69. The van der Waals surface area contributed by atoms with Crippen LogP contribution in [0.1, 0.15) is 21.6 Å². The summed E-state index contributed by atoms with van der Waals surface area (Å²) in [7, 11) is 1.35. The van der Waals surface area contributed by atoms with Gasteiger partial charge in [0.25, 0.3) is 0 Å². The Morgan fingerprint density at radius 1 is 1.10 bits per heavy atom. The van der Waals surface area contributed by atoms with E-state index in [2.05, 4.69) is 5.10 Å². The van der Waals surface area contributed by atoms with Crippen LogP contribution in [-0.4, -0.2) is 27.8 Å². The van der Waals surface area contributed by atoms with Crippen molar-refractivity contribution >= 4 is 40.2 Å². The molecular weight excluding hydrogens is 409 g/mol. The molecule has 0 radical (unpaired) electrons. The topological polar surface area (TPSA) is 57.0 Å². The smallest absolute Gasteiger partial charge is 0.338 e. The van der Waals surface area contributed by atoms with E-state index >= 15 is 0 Å². The second-order valence-corrected chi connectivity index (χ2v) is 7.44. The first kappa shape index (κ1) is 19.4. The lowest BCUT2D eigenvalue weighted by Crippen LogP contribution is -2.06. The number of rotatable bonds is 4. The molecule has 0 aliphatic heterocycles. The number of pyridine rings is 1. The van der Waals surface area contributed by atoms with Gasteiger partial charge in [-0.15, -0.1) is 0 Å². The predicted octanol–water partition coefficient (Wildman–Crippen LogP) is 5.55. The number of aryl methyl sites for hydroxylation is 1. The minimum Gasteiger partial charge on any atom is -0.465 e. The fourth-order valence-corrected chi connectivity index (χ4v) is 3.83. The molecule has 0 aliphatic rings. The number of fused-ring (bicyclic) bond motifs is 1. The molecule has 4 aromatic rings. The van der Waals surface area contributed by atoms with E-state index in [1.165, 1.54) is 7.11 Å². The van der Waals surface area contributed by atoms with E-state index in [1.54, 1.807) is 28.9 Å². The molecule has 7 heteroatoms. The molecule has 0 atom stereocenters. The summed E-state index contributed by atoms with van der Waals surface area (Å²) >= 11 is 12.4. The van der Waals surface area contributed by atoms with Crippen molar-refractivity contribution in [2.24, 2.45) is 0 Å². The number of methoxy groups -OCH3 is 1. The molecule has 2 aromatic heterocycles. The van der Waals surface area contributed by atoms with Crippen molar-refractivity contribution in [2.75, 3.05) is 7.11 Å². The molecule has 146 valence electrons. The summed E-state index contributed by atoms with van der Waals surface area (Å²) in [5, 5.41) is 6.27. The number of halogens is 2. The van der Waals surface area contributed by atoms with Gasteiger partial charge in [-0.3, -0.25) is 0 Å². The van der Waals surface area contributed by atoms with Gasteiger partial charge in [0.15, 0.2) is 5.65 Å². The summed E-state index contributed by atoms with van der Waals surface area (Å²) in [4.78, 5) is 17.3. The van der Waals surface area contributed by atoms with Crippen LogP contribution in [0.2, 0.25) is 10.0 Å². The highest BCUT2D eigenvalue weighted by Crippen LogP contribution is 2.33. The van der Waals surface area contributed by atoms with Gasteiger partial charge in [0.05, 0.1) is 41.0 Å². The van der Waals surface area contributed by atoms with Gasteiger partial charge < -0.3 is 4.74 Å². The van der Waals surface area contributed by atoms with E-state index in [4.69, 9.17) is 32.9 Å². The van der Waals surface area contributed by atoms with Crippen molar-refractivity contribution in [3.63, 3.8) is 0 Å². The number of esters is 1. The van der Waals surface area contributed by atoms with Crippen molar-refractivity contribution in [1.82, 2.24) is 14.8 Å². The van der Waals surface area contributed by atoms with Gasteiger partial charge >= 0.3 is 5.97 Å². The van der Waals surface area contributed by atoms with Crippen LogP contribution in [0.3, 0.4) is 0 Å². The summed E-state index contributed by atoms with van der Waals surface area (Å²) in [6.07, 6.45) is 0. The van der Waals surface area contributed by atoms with Crippen molar-refractivity contribution in [1.29, 1.82) is 0 Å². The Morgan fingerprint density at radius 3 is 2.55 bits per heavy atom. The maximum Gasteiger partial charge on any atom is 0.338 e. The first-order chi connectivity index (χ1) is 14.0. The number of hydrogen-bond donors (Lipinski definition) is 0. The fourth-order valence-electron chi connectivity index (χ4n) is 3.33. The molecule has 29 heavy (non-hydrogen) atoms. The van der Waals surface area contributed by atoms with Crippen LogP contribution in [0, 0.1) is 6.92 Å². The summed E-state index contributed by atoms with van der Waals surface area (Å²) in [6.45, 7) is 2.38. The molecule has 0 saturated heterocycles. The van der Waals surface area contributed by atoms with Crippen molar-refractivity contribution in [2.45, 2.75) is 13.5 Å². The lowest BCUT2D eigenvalue weighted by molar-refractivity contribution is 0.0603. The van der Waals surface area contributed by atoms with Crippen LogP contribution in [-0.2, 0) is 11.3 Å². The van der Waals surface area contributed by atoms with Gasteiger partial charge in [-0.05, 0) is 36.8 Å². The van der Waals surface area contributed by atoms with E-state index in [9.17, 15) is 4.79 Å².